The van der Waals surface area contributed by atoms with Crippen LogP contribution >= 0.6 is 0 Å². The molecule has 8 heteroatoms. The normalized spacial score (nSPS) is 10.9. The van der Waals surface area contributed by atoms with Crippen molar-refractivity contribution in [2.45, 2.75) is 4.90 Å². The molecule has 0 aliphatic heterocycles. The van der Waals surface area contributed by atoms with Crippen LogP contribution < -0.4 is 14.8 Å². The summed E-state index contributed by atoms with van der Waals surface area (Å²) >= 11 is 0. The van der Waals surface area contributed by atoms with Gasteiger partial charge in [-0.2, -0.15) is 5.26 Å². The van der Waals surface area contributed by atoms with Crippen molar-refractivity contribution < 1.29 is 17.5 Å². The number of methoxy groups -OCH3 is 1. The van der Waals surface area contributed by atoms with E-state index in [1.165, 1.54) is 25.3 Å². The number of rotatable bonds is 7. The summed E-state index contributed by atoms with van der Waals surface area (Å²) in [7, 11) is -2.34. The van der Waals surface area contributed by atoms with Crippen LogP contribution in [0.1, 0.15) is 5.56 Å². The highest BCUT2D eigenvalue weighted by atomic mass is 32.2. The Bertz CT molecular complexity index is 863. The maximum atomic E-state index is 13.5. The minimum absolute atomic E-state index is 0.0379. The summed E-state index contributed by atoms with van der Waals surface area (Å²) in [5, 5.41) is 11.8. The molecular weight excluding hydrogens is 333 g/mol. The molecule has 0 saturated heterocycles. The number of anilines is 1. The molecule has 126 valence electrons. The van der Waals surface area contributed by atoms with Crippen LogP contribution in [0, 0.1) is 17.1 Å². The Kier molecular flexibility index (Phi) is 5.73. The smallest absolute Gasteiger partial charge is 0.244 e. The largest absolute Gasteiger partial charge is 0.495 e. The van der Waals surface area contributed by atoms with Crippen molar-refractivity contribution >= 4 is 15.7 Å². The highest BCUT2D eigenvalue weighted by molar-refractivity contribution is 7.89. The van der Waals surface area contributed by atoms with Gasteiger partial charge in [-0.15, -0.1) is 0 Å². The van der Waals surface area contributed by atoms with Crippen LogP contribution in [0.15, 0.2) is 47.4 Å². The summed E-state index contributed by atoms with van der Waals surface area (Å²) in [5.74, 6) is -0.382. The average Bonchev–Trinajstić information content (AvgIpc) is 2.58. The fourth-order valence-electron chi connectivity index (χ4n) is 2.09. The summed E-state index contributed by atoms with van der Waals surface area (Å²) in [6.07, 6.45) is 0. The Morgan fingerprint density at radius 3 is 2.62 bits per heavy atom. The van der Waals surface area contributed by atoms with Crippen molar-refractivity contribution in [3.8, 4) is 11.8 Å². The quantitative estimate of drug-likeness (QED) is 0.747. The zero-order valence-corrected chi connectivity index (χ0v) is 13.7. The molecule has 0 saturated carbocycles. The number of ether oxygens (including phenoxy) is 1. The van der Waals surface area contributed by atoms with Gasteiger partial charge in [0.05, 0.1) is 12.8 Å². The van der Waals surface area contributed by atoms with Crippen molar-refractivity contribution in [3.63, 3.8) is 0 Å². The standard InChI is InChI=1S/C16H16FN3O3S/c1-23-15-7-2-3-8-16(15)24(21,22)20-10-9-19-14-6-4-5-13(17)12(14)11-18/h2-8,19-20H,9-10H2,1H3. The third kappa shape index (κ3) is 4.01. The zero-order chi connectivity index (χ0) is 17.6. The molecule has 6 nitrogen and oxygen atoms in total. The van der Waals surface area contributed by atoms with Crippen molar-refractivity contribution in [1.29, 1.82) is 5.26 Å². The lowest BCUT2D eigenvalue weighted by molar-refractivity contribution is 0.402. The predicted molar refractivity (Wildman–Crippen MR) is 87.8 cm³/mol. The van der Waals surface area contributed by atoms with Crippen LogP contribution in [0.2, 0.25) is 0 Å². The number of benzene rings is 2. The average molecular weight is 349 g/mol. The lowest BCUT2D eigenvalue weighted by Crippen LogP contribution is -2.29. The second-order valence-corrected chi connectivity index (χ2v) is 6.48. The van der Waals surface area contributed by atoms with Crippen molar-refractivity contribution in [2.24, 2.45) is 0 Å². The van der Waals surface area contributed by atoms with E-state index in [0.717, 1.165) is 0 Å². The number of hydrogen-bond donors (Lipinski definition) is 2. The molecular formula is C16H16FN3O3S. The van der Waals surface area contributed by atoms with Gasteiger partial charge in [0.2, 0.25) is 10.0 Å². The fourth-order valence-corrected chi connectivity index (χ4v) is 3.29. The first kappa shape index (κ1) is 17.7. The van der Waals surface area contributed by atoms with E-state index in [0.29, 0.717) is 5.69 Å². The molecule has 0 radical (unpaired) electrons. The van der Waals surface area contributed by atoms with Crippen LogP contribution in [0.4, 0.5) is 10.1 Å². The SMILES string of the molecule is COc1ccccc1S(=O)(=O)NCCNc1cccc(F)c1C#N. The molecule has 2 rings (SSSR count). The Morgan fingerprint density at radius 2 is 1.92 bits per heavy atom. The van der Waals surface area contributed by atoms with Gasteiger partial charge in [0.15, 0.2) is 0 Å². The first-order chi connectivity index (χ1) is 11.5. The fraction of sp³-hybridized carbons (Fsp3) is 0.188. The first-order valence-corrected chi connectivity index (χ1v) is 8.53. The van der Waals surface area contributed by atoms with Gasteiger partial charge in [-0.25, -0.2) is 17.5 Å². The molecule has 0 bridgehead atoms. The molecule has 2 aromatic rings. The lowest BCUT2D eigenvalue weighted by Gasteiger charge is -2.12. The van der Waals surface area contributed by atoms with E-state index in [4.69, 9.17) is 10.00 Å². The Labute approximate surface area is 139 Å². The minimum Gasteiger partial charge on any atom is -0.495 e. The van der Waals surface area contributed by atoms with Gasteiger partial charge in [0.25, 0.3) is 0 Å². The highest BCUT2D eigenvalue weighted by Crippen LogP contribution is 2.22. The van der Waals surface area contributed by atoms with Crippen LogP contribution in [0.3, 0.4) is 0 Å². The molecule has 24 heavy (non-hydrogen) atoms. The molecule has 0 fully saturated rings. The van der Waals surface area contributed by atoms with E-state index in [1.54, 1.807) is 30.3 Å². The molecule has 0 aliphatic rings. The van der Waals surface area contributed by atoms with Gasteiger partial charge in [-0.3, -0.25) is 0 Å². The number of hydrogen-bond acceptors (Lipinski definition) is 5. The van der Waals surface area contributed by atoms with Crippen LogP contribution in [-0.2, 0) is 10.0 Å². The maximum absolute atomic E-state index is 13.5. The van der Waals surface area contributed by atoms with Gasteiger partial charge in [-0.05, 0) is 24.3 Å². The van der Waals surface area contributed by atoms with Crippen LogP contribution in [-0.4, -0.2) is 28.6 Å². The number of sulfonamides is 1. The molecule has 0 unspecified atom stereocenters. The number of halogens is 1. The second kappa shape index (κ2) is 7.77. The highest BCUT2D eigenvalue weighted by Gasteiger charge is 2.18. The monoisotopic (exact) mass is 349 g/mol. The molecule has 2 aromatic carbocycles. The molecule has 0 spiro atoms. The summed E-state index contributed by atoms with van der Waals surface area (Å²) in [4.78, 5) is 0.0379. The second-order valence-electron chi connectivity index (χ2n) is 4.75. The summed E-state index contributed by atoms with van der Waals surface area (Å²) in [6.45, 7) is 0.244. The van der Waals surface area contributed by atoms with Crippen molar-refractivity contribution in [1.82, 2.24) is 4.72 Å². The van der Waals surface area contributed by atoms with E-state index in [9.17, 15) is 12.8 Å². The topological polar surface area (TPSA) is 91.2 Å². The van der Waals surface area contributed by atoms with Gasteiger partial charge in [0.1, 0.15) is 28.1 Å². The summed E-state index contributed by atoms with van der Waals surface area (Å²) in [5.41, 5.74) is 0.207. The first-order valence-electron chi connectivity index (χ1n) is 7.05. The summed E-state index contributed by atoms with van der Waals surface area (Å²) in [6, 6.07) is 12.2. The minimum atomic E-state index is -3.74. The maximum Gasteiger partial charge on any atom is 0.244 e. The summed E-state index contributed by atoms with van der Waals surface area (Å²) < 4.78 is 45.5. The van der Waals surface area contributed by atoms with E-state index < -0.39 is 15.8 Å². The molecule has 0 heterocycles. The number of nitrogens with zero attached hydrogens (tertiary/aromatic N) is 1. The number of nitriles is 1. The van der Waals surface area contributed by atoms with E-state index in [-0.39, 0.29) is 29.3 Å². The zero-order valence-electron chi connectivity index (χ0n) is 12.9. The van der Waals surface area contributed by atoms with Crippen molar-refractivity contribution in [2.75, 3.05) is 25.5 Å². The number of para-hydroxylation sites is 1. The third-order valence-electron chi connectivity index (χ3n) is 3.22. The molecule has 0 amide bonds. The van der Waals surface area contributed by atoms with E-state index >= 15 is 0 Å². The Balaban J connectivity index is 2.00. The predicted octanol–water partition coefficient (Wildman–Crippen LogP) is 2.10. The lowest BCUT2D eigenvalue weighted by atomic mass is 10.2. The Hall–Kier alpha value is -2.63. The van der Waals surface area contributed by atoms with Gasteiger partial charge < -0.3 is 10.1 Å². The molecule has 2 N–H and O–H groups in total. The molecule has 0 aliphatic carbocycles. The van der Waals surface area contributed by atoms with Gasteiger partial charge in [-0.1, -0.05) is 18.2 Å². The third-order valence-corrected chi connectivity index (χ3v) is 4.72. The van der Waals surface area contributed by atoms with Crippen molar-refractivity contribution in [3.05, 3.63) is 53.8 Å². The van der Waals surface area contributed by atoms with Crippen LogP contribution in [0.5, 0.6) is 5.75 Å². The van der Waals surface area contributed by atoms with Gasteiger partial charge in [0, 0.05) is 13.1 Å². The molecule has 0 aromatic heterocycles. The van der Waals surface area contributed by atoms with E-state index in [1.807, 2.05) is 0 Å². The van der Waals surface area contributed by atoms with Gasteiger partial charge >= 0.3 is 0 Å². The van der Waals surface area contributed by atoms with Crippen LogP contribution in [0.25, 0.3) is 0 Å². The number of nitrogens with one attached hydrogen (secondary N) is 2. The molecule has 0 atom stereocenters. The van der Waals surface area contributed by atoms with E-state index in [2.05, 4.69) is 10.0 Å². The Morgan fingerprint density at radius 1 is 1.17 bits per heavy atom.